The maximum Gasteiger partial charge on any atom is 0.161 e. The van der Waals surface area contributed by atoms with Gasteiger partial charge in [-0.25, -0.2) is 0 Å². The van der Waals surface area contributed by atoms with Crippen molar-refractivity contribution in [3.63, 3.8) is 0 Å². The lowest BCUT2D eigenvalue weighted by Gasteiger charge is -2.14. The highest BCUT2D eigenvalue weighted by molar-refractivity contribution is 5.88. The number of benzene rings is 2. The molecule has 4 rings (SSSR count). The Morgan fingerprint density at radius 3 is 2.36 bits per heavy atom. The van der Waals surface area contributed by atoms with Gasteiger partial charge >= 0.3 is 0 Å². The summed E-state index contributed by atoms with van der Waals surface area (Å²) in [5.74, 6) is 1.54. The number of para-hydroxylation sites is 1. The molecule has 4 aromatic rings. The first kappa shape index (κ1) is 19.6. The summed E-state index contributed by atoms with van der Waals surface area (Å²) in [5, 5.41) is 3.33. The number of rotatable bonds is 6. The van der Waals surface area contributed by atoms with E-state index >= 15 is 0 Å². The molecule has 0 atom stereocenters. The first-order valence-corrected chi connectivity index (χ1v) is 9.28. The first-order chi connectivity index (χ1) is 13.3. The Kier molecular flexibility index (Phi) is 6.09. The molecule has 0 amide bonds. The van der Waals surface area contributed by atoms with Gasteiger partial charge in [0.05, 0.1) is 18.7 Å². The van der Waals surface area contributed by atoms with E-state index in [2.05, 4.69) is 28.2 Å². The third-order valence-electron chi connectivity index (χ3n) is 4.55. The molecular weight excluding hydrogens is 348 g/mol. The number of nitrogens with zero attached hydrogens (tertiary/aromatic N) is 2. The molecule has 0 aliphatic carbocycles. The average molecular weight is 374 g/mol. The molecule has 0 aliphatic rings. The zero-order valence-corrected chi connectivity index (χ0v) is 15.6. The van der Waals surface area contributed by atoms with Gasteiger partial charge in [0.15, 0.2) is 11.5 Å². The molecule has 0 saturated heterocycles. The van der Waals surface area contributed by atoms with E-state index in [9.17, 15) is 0 Å². The molecule has 0 bridgehead atoms. The Labute approximate surface area is 166 Å². The molecule has 4 nitrogen and oxygen atoms in total. The molecule has 2 heterocycles. The fraction of sp³-hybridized carbons (Fsp3) is 0.250. The van der Waals surface area contributed by atoms with Gasteiger partial charge in [0.1, 0.15) is 0 Å². The van der Waals surface area contributed by atoms with Crippen molar-refractivity contribution in [1.82, 2.24) is 9.97 Å². The molecule has 0 unspecified atom stereocenters. The third-order valence-corrected chi connectivity index (χ3v) is 4.55. The third kappa shape index (κ3) is 3.91. The molecule has 144 valence electrons. The summed E-state index contributed by atoms with van der Waals surface area (Å²) in [4.78, 5) is 9.01. The van der Waals surface area contributed by atoms with Gasteiger partial charge in [-0.15, -0.1) is 0 Å². The molecule has 28 heavy (non-hydrogen) atoms. The van der Waals surface area contributed by atoms with E-state index in [0.717, 1.165) is 50.7 Å². The number of fused-ring (bicyclic) bond motifs is 2. The Morgan fingerprint density at radius 2 is 1.57 bits per heavy atom. The number of hydrogen-bond donors (Lipinski definition) is 0. The highest BCUT2D eigenvalue weighted by Crippen LogP contribution is 2.34. The van der Waals surface area contributed by atoms with Gasteiger partial charge in [0.25, 0.3) is 0 Å². The minimum absolute atomic E-state index is 0. The minimum Gasteiger partial charge on any atom is -0.490 e. The fourth-order valence-corrected chi connectivity index (χ4v) is 3.35. The van der Waals surface area contributed by atoms with Crippen molar-refractivity contribution in [2.75, 3.05) is 13.2 Å². The largest absolute Gasteiger partial charge is 0.490 e. The number of hydrogen-bond acceptors (Lipinski definition) is 4. The molecule has 0 fully saturated rings. The summed E-state index contributed by atoms with van der Waals surface area (Å²) in [6.45, 7) is 5.15. The van der Waals surface area contributed by atoms with Crippen molar-refractivity contribution < 1.29 is 9.47 Å². The Bertz CT molecular complexity index is 1090. The summed E-state index contributed by atoms with van der Waals surface area (Å²) >= 11 is 0. The van der Waals surface area contributed by atoms with Crippen molar-refractivity contribution in [1.29, 1.82) is 0 Å². The summed E-state index contributed by atoms with van der Waals surface area (Å²) in [5.41, 5.74) is 3.32. The van der Waals surface area contributed by atoms with E-state index in [1.54, 1.807) is 0 Å². The minimum atomic E-state index is 0. The van der Waals surface area contributed by atoms with E-state index in [0.29, 0.717) is 13.2 Å². The smallest absolute Gasteiger partial charge is 0.161 e. The van der Waals surface area contributed by atoms with E-state index < -0.39 is 0 Å². The van der Waals surface area contributed by atoms with Crippen LogP contribution in [0.4, 0.5) is 0 Å². The van der Waals surface area contributed by atoms with Crippen LogP contribution in [0.5, 0.6) is 11.5 Å². The lowest BCUT2D eigenvalue weighted by Crippen LogP contribution is -2.00. The zero-order valence-electron chi connectivity index (χ0n) is 15.6. The standard InChI is InChI=1S/C23H22N2O2.CH4/c1-3-26-22-11-19-15-24-14-18(20(19)12-23(22)27-4-2)10-16-9-17-7-5-6-8-21(17)25-13-16;/h5-9,11-15H,3-4,10H2,1-2H3;1H4. The molecule has 0 aliphatic heterocycles. The average Bonchev–Trinajstić information content (AvgIpc) is 2.69. The van der Waals surface area contributed by atoms with Gasteiger partial charge in [0, 0.05) is 35.8 Å². The number of aromatic nitrogens is 2. The van der Waals surface area contributed by atoms with E-state index in [1.807, 2.05) is 56.7 Å². The Balaban J connectivity index is 0.00000225. The summed E-state index contributed by atoms with van der Waals surface area (Å²) in [7, 11) is 0. The first-order valence-electron chi connectivity index (χ1n) is 9.28. The van der Waals surface area contributed by atoms with Crippen molar-refractivity contribution in [3.05, 3.63) is 72.2 Å². The van der Waals surface area contributed by atoms with Gasteiger partial charge in [-0.3, -0.25) is 9.97 Å². The predicted octanol–water partition coefficient (Wildman–Crippen LogP) is 5.81. The van der Waals surface area contributed by atoms with Crippen LogP contribution < -0.4 is 9.47 Å². The van der Waals surface area contributed by atoms with Crippen molar-refractivity contribution in [2.24, 2.45) is 0 Å². The second-order valence-corrected chi connectivity index (χ2v) is 6.40. The quantitative estimate of drug-likeness (QED) is 0.427. The highest BCUT2D eigenvalue weighted by Gasteiger charge is 2.11. The normalized spacial score (nSPS) is 10.6. The molecule has 0 N–H and O–H groups in total. The second kappa shape index (κ2) is 8.70. The molecule has 0 radical (unpaired) electrons. The lowest BCUT2D eigenvalue weighted by molar-refractivity contribution is 0.288. The van der Waals surface area contributed by atoms with Gasteiger partial charge in [-0.1, -0.05) is 25.6 Å². The SMILES string of the molecule is C.CCOc1cc2cncc(Cc3cnc4ccccc4c3)c2cc1OCC. The molecule has 2 aromatic carbocycles. The molecule has 0 spiro atoms. The van der Waals surface area contributed by atoms with Crippen LogP contribution in [-0.2, 0) is 6.42 Å². The molecule has 2 aromatic heterocycles. The molecular formula is C24H26N2O2. The van der Waals surface area contributed by atoms with Crippen LogP contribution in [0, 0.1) is 0 Å². The van der Waals surface area contributed by atoms with Crippen molar-refractivity contribution >= 4 is 21.7 Å². The lowest BCUT2D eigenvalue weighted by atomic mass is 10.0. The van der Waals surface area contributed by atoms with Gasteiger partial charge in [-0.05, 0) is 54.6 Å². The van der Waals surface area contributed by atoms with Crippen molar-refractivity contribution in [3.8, 4) is 11.5 Å². The molecule has 4 heteroatoms. The van der Waals surface area contributed by atoms with E-state index in [4.69, 9.17) is 9.47 Å². The second-order valence-electron chi connectivity index (χ2n) is 6.40. The van der Waals surface area contributed by atoms with Crippen LogP contribution in [0.3, 0.4) is 0 Å². The van der Waals surface area contributed by atoms with Crippen molar-refractivity contribution in [2.45, 2.75) is 27.7 Å². The predicted molar refractivity (Wildman–Crippen MR) is 115 cm³/mol. The Morgan fingerprint density at radius 1 is 0.821 bits per heavy atom. The highest BCUT2D eigenvalue weighted by atomic mass is 16.5. The summed E-state index contributed by atoms with van der Waals surface area (Å²) in [6, 6.07) is 14.4. The summed E-state index contributed by atoms with van der Waals surface area (Å²) < 4.78 is 11.5. The Hall–Kier alpha value is -3.14. The van der Waals surface area contributed by atoms with E-state index in [1.165, 1.54) is 0 Å². The topological polar surface area (TPSA) is 44.2 Å². The van der Waals surface area contributed by atoms with Crippen LogP contribution >= 0.6 is 0 Å². The van der Waals surface area contributed by atoms with Gasteiger partial charge in [-0.2, -0.15) is 0 Å². The van der Waals surface area contributed by atoms with Crippen LogP contribution in [0.15, 0.2) is 61.1 Å². The van der Waals surface area contributed by atoms with Crippen LogP contribution in [0.2, 0.25) is 0 Å². The monoisotopic (exact) mass is 374 g/mol. The number of ether oxygens (including phenoxy) is 2. The van der Waals surface area contributed by atoms with Crippen LogP contribution in [0.1, 0.15) is 32.4 Å². The van der Waals surface area contributed by atoms with Crippen LogP contribution in [-0.4, -0.2) is 23.2 Å². The van der Waals surface area contributed by atoms with Gasteiger partial charge < -0.3 is 9.47 Å². The van der Waals surface area contributed by atoms with Gasteiger partial charge in [0.2, 0.25) is 0 Å². The zero-order chi connectivity index (χ0) is 18.6. The van der Waals surface area contributed by atoms with E-state index in [-0.39, 0.29) is 7.43 Å². The number of pyridine rings is 2. The maximum absolute atomic E-state index is 5.80. The maximum atomic E-state index is 5.80. The van der Waals surface area contributed by atoms with Crippen LogP contribution in [0.25, 0.3) is 21.7 Å². The fourth-order valence-electron chi connectivity index (χ4n) is 3.35. The summed E-state index contributed by atoms with van der Waals surface area (Å²) in [6.07, 6.45) is 6.50. The molecule has 0 saturated carbocycles.